The lowest BCUT2D eigenvalue weighted by Crippen LogP contribution is -2.46. The summed E-state index contributed by atoms with van der Waals surface area (Å²) >= 11 is 0. The normalized spacial score (nSPS) is 40.8. The first-order valence-corrected chi connectivity index (χ1v) is 6.41. The van der Waals surface area contributed by atoms with Crippen LogP contribution in [0.15, 0.2) is 12.2 Å². The Balaban J connectivity index is 1.66. The fourth-order valence-electron chi connectivity index (χ4n) is 2.39. The van der Waals surface area contributed by atoms with Crippen LogP contribution in [0.1, 0.15) is 13.8 Å². The van der Waals surface area contributed by atoms with Crippen LogP contribution in [0.3, 0.4) is 0 Å². The molecule has 6 heteroatoms. The van der Waals surface area contributed by atoms with E-state index >= 15 is 0 Å². The van der Waals surface area contributed by atoms with E-state index in [4.69, 9.17) is 23.7 Å². The molecule has 2 fully saturated rings. The predicted octanol–water partition coefficient (Wildman–Crippen LogP) is 0.609. The molecular formula is C13H18O6. The van der Waals surface area contributed by atoms with Gasteiger partial charge in [0.05, 0.1) is 13.2 Å². The van der Waals surface area contributed by atoms with E-state index in [-0.39, 0.29) is 30.4 Å². The van der Waals surface area contributed by atoms with E-state index in [1.165, 1.54) is 0 Å². The molecule has 3 aliphatic rings. The second-order valence-corrected chi connectivity index (χ2v) is 5.66. The number of ether oxygens (including phenoxy) is 5. The van der Waals surface area contributed by atoms with Gasteiger partial charge in [0.1, 0.15) is 19.0 Å². The summed E-state index contributed by atoms with van der Waals surface area (Å²) in [6.07, 6.45) is 2.20. The largest absolute Gasteiger partial charge is 0.463 e. The van der Waals surface area contributed by atoms with Crippen molar-refractivity contribution in [3.8, 4) is 0 Å². The molecule has 3 heterocycles. The molecule has 0 N–H and O–H groups in total. The van der Waals surface area contributed by atoms with E-state index in [9.17, 15) is 4.79 Å². The third kappa shape index (κ3) is 2.53. The molecule has 0 bridgehead atoms. The van der Waals surface area contributed by atoms with Crippen LogP contribution in [0.4, 0.5) is 0 Å². The summed E-state index contributed by atoms with van der Waals surface area (Å²) in [7, 11) is 0. The highest BCUT2D eigenvalue weighted by atomic mass is 16.7. The number of carbonyl (C=O) groups is 1. The number of rotatable bonds is 2. The van der Waals surface area contributed by atoms with Gasteiger partial charge in [-0.05, 0) is 6.08 Å². The minimum atomic E-state index is -0.607. The maximum absolute atomic E-state index is 11.7. The number of carbonyl (C=O) groups excluding carboxylic acids is 1. The molecule has 0 aromatic carbocycles. The topological polar surface area (TPSA) is 63.2 Å². The molecule has 3 aliphatic heterocycles. The molecule has 106 valence electrons. The third-order valence-corrected chi connectivity index (χ3v) is 3.54. The van der Waals surface area contributed by atoms with Crippen molar-refractivity contribution in [2.45, 2.75) is 38.4 Å². The summed E-state index contributed by atoms with van der Waals surface area (Å²) in [4.78, 5) is 11.7. The highest BCUT2D eigenvalue weighted by Gasteiger charge is 2.46. The Kier molecular flexibility index (Phi) is 3.34. The fraction of sp³-hybridized carbons (Fsp3) is 0.769. The lowest BCUT2D eigenvalue weighted by atomic mass is 9.90. The van der Waals surface area contributed by atoms with Crippen LogP contribution < -0.4 is 0 Å². The van der Waals surface area contributed by atoms with Crippen molar-refractivity contribution in [1.29, 1.82) is 0 Å². The first-order valence-electron chi connectivity index (χ1n) is 6.41. The molecule has 0 radical (unpaired) electrons. The summed E-state index contributed by atoms with van der Waals surface area (Å²) in [6.45, 7) is 4.98. The lowest BCUT2D eigenvalue weighted by Gasteiger charge is -2.36. The summed E-state index contributed by atoms with van der Waals surface area (Å²) < 4.78 is 27.1. The number of fused-ring (bicyclic) bond motifs is 1. The second kappa shape index (κ2) is 4.86. The van der Waals surface area contributed by atoms with Crippen LogP contribution in [0, 0.1) is 5.41 Å². The molecule has 0 aromatic heterocycles. The molecule has 4 atom stereocenters. The summed E-state index contributed by atoms with van der Waals surface area (Å²) in [5, 5.41) is 0. The Bertz CT molecular complexity index is 391. The van der Waals surface area contributed by atoms with Gasteiger partial charge >= 0.3 is 5.97 Å². The molecule has 0 spiro atoms. The van der Waals surface area contributed by atoms with Crippen molar-refractivity contribution in [1.82, 2.24) is 0 Å². The molecule has 0 aromatic rings. The van der Waals surface area contributed by atoms with E-state index in [0.29, 0.717) is 13.2 Å². The van der Waals surface area contributed by atoms with Crippen LogP contribution >= 0.6 is 0 Å². The maximum atomic E-state index is 11.7. The Morgan fingerprint density at radius 2 is 2.21 bits per heavy atom. The van der Waals surface area contributed by atoms with E-state index in [0.717, 1.165) is 0 Å². The molecule has 0 unspecified atom stereocenters. The van der Waals surface area contributed by atoms with Crippen molar-refractivity contribution in [2.75, 3.05) is 20.0 Å². The van der Waals surface area contributed by atoms with Crippen LogP contribution in [-0.2, 0) is 28.5 Å². The zero-order valence-corrected chi connectivity index (χ0v) is 11.0. The Morgan fingerprint density at radius 3 is 2.95 bits per heavy atom. The zero-order chi connectivity index (χ0) is 13.5. The quantitative estimate of drug-likeness (QED) is 0.541. The Morgan fingerprint density at radius 1 is 1.37 bits per heavy atom. The number of hydrogen-bond donors (Lipinski definition) is 0. The molecule has 3 rings (SSSR count). The minimum absolute atomic E-state index is 0.0999. The molecular weight excluding hydrogens is 252 g/mol. The van der Waals surface area contributed by atoms with Crippen LogP contribution in [-0.4, -0.2) is 50.6 Å². The molecule has 0 saturated carbocycles. The fourth-order valence-corrected chi connectivity index (χ4v) is 2.39. The van der Waals surface area contributed by atoms with Crippen molar-refractivity contribution in [3.05, 3.63) is 12.2 Å². The van der Waals surface area contributed by atoms with Crippen molar-refractivity contribution >= 4 is 5.97 Å². The second-order valence-electron chi connectivity index (χ2n) is 5.66. The van der Waals surface area contributed by atoms with Gasteiger partial charge in [0.15, 0.2) is 12.4 Å². The highest BCUT2D eigenvalue weighted by Crippen LogP contribution is 2.33. The minimum Gasteiger partial charge on any atom is -0.463 e. The van der Waals surface area contributed by atoms with Gasteiger partial charge in [-0.1, -0.05) is 19.9 Å². The molecule has 19 heavy (non-hydrogen) atoms. The van der Waals surface area contributed by atoms with E-state index in [1.54, 1.807) is 6.08 Å². The molecule has 0 amide bonds. The highest BCUT2D eigenvalue weighted by molar-refractivity contribution is 5.77. The smallest absolute Gasteiger partial charge is 0.336 e. The maximum Gasteiger partial charge on any atom is 0.336 e. The number of cyclic esters (lactones) is 1. The number of hydrogen-bond acceptors (Lipinski definition) is 6. The van der Waals surface area contributed by atoms with Crippen LogP contribution in [0.25, 0.3) is 0 Å². The lowest BCUT2D eigenvalue weighted by molar-refractivity contribution is -0.254. The standard InChI is InChI=1S/C13H18O6/c1-13(2)6-16-12(14)11(13)19-10-4-3-8-9(18-10)5-15-7-17-8/h3-4,8-11H,5-7H2,1-2H3/t8-,9+,10+,11+/m0/s1. The number of esters is 1. The van der Waals surface area contributed by atoms with Crippen LogP contribution in [0.5, 0.6) is 0 Å². The average Bonchev–Trinajstić information content (AvgIpc) is 2.66. The summed E-state index contributed by atoms with van der Waals surface area (Å²) in [6, 6.07) is 0. The van der Waals surface area contributed by atoms with Gasteiger partial charge in [0, 0.05) is 5.41 Å². The van der Waals surface area contributed by atoms with Crippen molar-refractivity contribution in [3.63, 3.8) is 0 Å². The first kappa shape index (κ1) is 13.1. The Labute approximate surface area is 111 Å². The van der Waals surface area contributed by atoms with Gasteiger partial charge in [0.2, 0.25) is 0 Å². The Hall–Kier alpha value is -0.950. The summed E-state index contributed by atoms with van der Waals surface area (Å²) in [5.74, 6) is -0.333. The third-order valence-electron chi connectivity index (χ3n) is 3.54. The van der Waals surface area contributed by atoms with Gasteiger partial charge in [-0.3, -0.25) is 0 Å². The molecule has 6 nitrogen and oxygen atoms in total. The average molecular weight is 270 g/mol. The SMILES string of the molecule is CC1(C)COC(=O)[C@H]1O[C@@H]1C=C[C@@H]2OCOC[C@H]2O1. The zero-order valence-electron chi connectivity index (χ0n) is 11.0. The summed E-state index contributed by atoms with van der Waals surface area (Å²) in [5.41, 5.74) is -0.343. The monoisotopic (exact) mass is 270 g/mol. The van der Waals surface area contributed by atoms with E-state index < -0.39 is 12.4 Å². The van der Waals surface area contributed by atoms with Crippen LogP contribution in [0.2, 0.25) is 0 Å². The van der Waals surface area contributed by atoms with E-state index in [1.807, 2.05) is 19.9 Å². The van der Waals surface area contributed by atoms with Gasteiger partial charge in [0.25, 0.3) is 0 Å². The van der Waals surface area contributed by atoms with Gasteiger partial charge < -0.3 is 23.7 Å². The van der Waals surface area contributed by atoms with Gasteiger partial charge in [-0.15, -0.1) is 0 Å². The molecule has 2 saturated heterocycles. The van der Waals surface area contributed by atoms with E-state index in [2.05, 4.69) is 0 Å². The van der Waals surface area contributed by atoms with Crippen molar-refractivity contribution < 1.29 is 28.5 Å². The molecule has 0 aliphatic carbocycles. The van der Waals surface area contributed by atoms with Gasteiger partial charge in [-0.25, -0.2) is 4.79 Å². The van der Waals surface area contributed by atoms with Crippen molar-refractivity contribution in [2.24, 2.45) is 5.41 Å². The predicted molar refractivity (Wildman–Crippen MR) is 63.1 cm³/mol. The van der Waals surface area contributed by atoms with Gasteiger partial charge in [-0.2, -0.15) is 0 Å². The first-order chi connectivity index (χ1) is 9.06.